The first kappa shape index (κ1) is 12.2. The largest absolute Gasteiger partial charge is 0.419 e. The lowest BCUT2D eigenvalue weighted by Gasteiger charge is -2.04. The predicted molar refractivity (Wildman–Crippen MR) is 70.0 cm³/mol. The number of anilines is 1. The minimum absolute atomic E-state index is 0.300. The van der Waals surface area contributed by atoms with Crippen LogP contribution in [0.25, 0.3) is 11.5 Å². The van der Waals surface area contributed by atoms with Gasteiger partial charge in [0.15, 0.2) is 0 Å². The maximum Gasteiger partial charge on any atom is 0.232 e. The summed E-state index contributed by atoms with van der Waals surface area (Å²) in [5.41, 5.74) is 1.17. The fraction of sp³-hybridized carbons (Fsp3) is 0.286. The molecule has 4 nitrogen and oxygen atoms in total. The van der Waals surface area contributed by atoms with Crippen molar-refractivity contribution in [1.29, 1.82) is 5.26 Å². The topological polar surface area (TPSA) is 61.9 Å². The van der Waals surface area contributed by atoms with E-state index in [1.165, 1.54) is 0 Å². The number of nitriles is 1. The first-order chi connectivity index (χ1) is 8.70. The van der Waals surface area contributed by atoms with E-state index in [9.17, 15) is 0 Å². The molecule has 0 aliphatic carbocycles. The van der Waals surface area contributed by atoms with Gasteiger partial charge in [-0.2, -0.15) is 10.2 Å². The maximum absolute atomic E-state index is 9.03. The molecule has 0 bridgehead atoms. The number of hydrogen-bond acceptors (Lipinski definition) is 4. The number of aromatic nitrogens is 1. The van der Waals surface area contributed by atoms with E-state index in [0.29, 0.717) is 23.4 Å². The zero-order valence-electron chi connectivity index (χ0n) is 10.5. The van der Waals surface area contributed by atoms with Crippen LogP contribution in [0.5, 0.6) is 0 Å². The Morgan fingerprint density at radius 1 is 1.33 bits per heavy atom. The molecule has 4 heteroatoms. The lowest BCUT2D eigenvalue weighted by molar-refractivity contribution is 0.574. The summed E-state index contributed by atoms with van der Waals surface area (Å²) in [5.74, 6) is 1.39. The van der Waals surface area contributed by atoms with Gasteiger partial charge in [-0.3, -0.25) is 0 Å². The van der Waals surface area contributed by atoms with Crippen molar-refractivity contribution in [1.82, 2.24) is 4.98 Å². The highest BCUT2D eigenvalue weighted by molar-refractivity contribution is 5.58. The molecule has 92 valence electrons. The Balaban J connectivity index is 2.27. The first-order valence-corrected chi connectivity index (χ1v) is 5.91. The molecule has 0 unspecified atom stereocenters. The normalized spacial score (nSPS) is 10.3. The van der Waals surface area contributed by atoms with Crippen LogP contribution >= 0.6 is 0 Å². The second kappa shape index (κ2) is 5.37. The summed E-state index contributed by atoms with van der Waals surface area (Å²) >= 11 is 0. The molecule has 0 saturated carbocycles. The molecule has 1 N–H and O–H groups in total. The van der Waals surface area contributed by atoms with Crippen molar-refractivity contribution in [2.24, 2.45) is 5.92 Å². The molecule has 0 fully saturated rings. The minimum Gasteiger partial charge on any atom is -0.419 e. The zero-order valence-corrected chi connectivity index (χ0v) is 10.5. The van der Waals surface area contributed by atoms with Gasteiger partial charge in [-0.15, -0.1) is 0 Å². The highest BCUT2D eigenvalue weighted by Crippen LogP contribution is 2.25. The smallest absolute Gasteiger partial charge is 0.232 e. The number of nitrogens with zero attached hydrogens (tertiary/aromatic N) is 2. The standard InChI is InChI=1S/C14H15N3O/c1-10(2)9-16-14-12(8-15)17-13(18-14)11-6-4-3-5-7-11/h3-7,10,16H,9H2,1-2H3. The molecule has 18 heavy (non-hydrogen) atoms. The summed E-state index contributed by atoms with van der Waals surface area (Å²) in [6, 6.07) is 11.6. The monoisotopic (exact) mass is 241 g/mol. The van der Waals surface area contributed by atoms with Crippen LogP contribution in [0, 0.1) is 17.2 Å². The fourth-order valence-corrected chi connectivity index (χ4v) is 1.52. The van der Waals surface area contributed by atoms with Crippen molar-refractivity contribution < 1.29 is 4.42 Å². The average Bonchev–Trinajstić information content (AvgIpc) is 2.80. The van der Waals surface area contributed by atoms with Crippen LogP contribution in [0.15, 0.2) is 34.7 Å². The summed E-state index contributed by atoms with van der Waals surface area (Å²) in [4.78, 5) is 4.19. The van der Waals surface area contributed by atoms with E-state index >= 15 is 0 Å². The van der Waals surface area contributed by atoms with E-state index in [2.05, 4.69) is 24.1 Å². The van der Waals surface area contributed by atoms with Gasteiger partial charge < -0.3 is 9.73 Å². The number of hydrogen-bond donors (Lipinski definition) is 1. The van der Waals surface area contributed by atoms with Crippen LogP contribution in [0.1, 0.15) is 19.5 Å². The first-order valence-electron chi connectivity index (χ1n) is 5.91. The molecule has 0 spiro atoms. The number of rotatable bonds is 4. The van der Waals surface area contributed by atoms with E-state index < -0.39 is 0 Å². The third kappa shape index (κ3) is 2.69. The van der Waals surface area contributed by atoms with Gasteiger partial charge in [0, 0.05) is 12.1 Å². The van der Waals surface area contributed by atoms with Gasteiger partial charge in [0.2, 0.25) is 17.5 Å². The molecule has 0 atom stereocenters. The molecule has 1 aromatic carbocycles. The summed E-state index contributed by atoms with van der Waals surface area (Å²) < 4.78 is 5.60. The zero-order chi connectivity index (χ0) is 13.0. The van der Waals surface area contributed by atoms with Crippen molar-refractivity contribution in [2.45, 2.75) is 13.8 Å². The Hall–Kier alpha value is -2.28. The van der Waals surface area contributed by atoms with Gasteiger partial charge >= 0.3 is 0 Å². The van der Waals surface area contributed by atoms with Gasteiger partial charge in [0.05, 0.1) is 0 Å². The lowest BCUT2D eigenvalue weighted by Crippen LogP contribution is -2.08. The molecule has 0 aliphatic rings. The van der Waals surface area contributed by atoms with Crippen molar-refractivity contribution in [3.05, 3.63) is 36.0 Å². The van der Waals surface area contributed by atoms with E-state index in [0.717, 1.165) is 12.1 Å². The van der Waals surface area contributed by atoms with Crippen molar-refractivity contribution in [3.8, 4) is 17.5 Å². The lowest BCUT2D eigenvalue weighted by atomic mass is 10.2. The van der Waals surface area contributed by atoms with Gasteiger partial charge in [-0.25, -0.2) is 0 Å². The second-order valence-electron chi connectivity index (χ2n) is 4.45. The highest BCUT2D eigenvalue weighted by Gasteiger charge is 2.14. The summed E-state index contributed by atoms with van der Waals surface area (Å²) in [6.45, 7) is 4.93. The summed E-state index contributed by atoms with van der Waals surface area (Å²) in [7, 11) is 0. The van der Waals surface area contributed by atoms with Crippen LogP contribution in [-0.4, -0.2) is 11.5 Å². The fourth-order valence-electron chi connectivity index (χ4n) is 1.52. The Bertz CT molecular complexity index is 552. The number of benzene rings is 1. The molecule has 2 aromatic rings. The molecule has 0 saturated heterocycles. The van der Waals surface area contributed by atoms with Gasteiger partial charge in [-0.1, -0.05) is 32.0 Å². The molecular weight excluding hydrogens is 226 g/mol. The van der Waals surface area contributed by atoms with Crippen LogP contribution in [0.2, 0.25) is 0 Å². The molecule has 0 amide bonds. The average molecular weight is 241 g/mol. The van der Waals surface area contributed by atoms with E-state index in [-0.39, 0.29) is 0 Å². The molecular formula is C14H15N3O. The van der Waals surface area contributed by atoms with E-state index in [4.69, 9.17) is 9.68 Å². The van der Waals surface area contributed by atoms with Crippen molar-refractivity contribution in [3.63, 3.8) is 0 Å². The Labute approximate surface area is 106 Å². The number of nitrogens with one attached hydrogen (secondary N) is 1. The van der Waals surface area contributed by atoms with Crippen molar-refractivity contribution >= 4 is 5.88 Å². The Kier molecular flexibility index (Phi) is 3.63. The maximum atomic E-state index is 9.03. The van der Waals surface area contributed by atoms with Gasteiger partial charge in [-0.05, 0) is 18.1 Å². The van der Waals surface area contributed by atoms with E-state index in [1.807, 2.05) is 36.4 Å². The van der Waals surface area contributed by atoms with Crippen LogP contribution in [0.3, 0.4) is 0 Å². The Morgan fingerprint density at radius 3 is 2.67 bits per heavy atom. The SMILES string of the molecule is CC(C)CNc1oc(-c2ccccc2)nc1C#N. The van der Waals surface area contributed by atoms with Crippen LogP contribution in [0.4, 0.5) is 5.88 Å². The van der Waals surface area contributed by atoms with Gasteiger partial charge in [0.1, 0.15) is 6.07 Å². The third-order valence-corrected chi connectivity index (χ3v) is 2.42. The second-order valence-corrected chi connectivity index (χ2v) is 4.45. The number of oxazole rings is 1. The van der Waals surface area contributed by atoms with Crippen molar-refractivity contribution in [2.75, 3.05) is 11.9 Å². The summed E-state index contributed by atoms with van der Waals surface area (Å²) in [6.07, 6.45) is 0. The molecule has 1 heterocycles. The van der Waals surface area contributed by atoms with E-state index in [1.54, 1.807) is 0 Å². The molecule has 0 aliphatic heterocycles. The Morgan fingerprint density at radius 2 is 2.06 bits per heavy atom. The third-order valence-electron chi connectivity index (χ3n) is 2.42. The molecule has 2 rings (SSSR count). The summed E-state index contributed by atoms with van der Waals surface area (Å²) in [5, 5.41) is 12.1. The molecule has 0 radical (unpaired) electrons. The molecule has 1 aromatic heterocycles. The van der Waals surface area contributed by atoms with Crippen LogP contribution < -0.4 is 5.32 Å². The quantitative estimate of drug-likeness (QED) is 0.892. The predicted octanol–water partition coefficient (Wildman–Crippen LogP) is 3.28. The van der Waals surface area contributed by atoms with Gasteiger partial charge in [0.25, 0.3) is 0 Å². The van der Waals surface area contributed by atoms with Crippen LogP contribution in [-0.2, 0) is 0 Å². The minimum atomic E-state index is 0.300. The highest BCUT2D eigenvalue weighted by atomic mass is 16.4.